The summed E-state index contributed by atoms with van der Waals surface area (Å²) in [7, 11) is 0. The average molecular weight is 341 g/mol. The molecule has 25 heavy (non-hydrogen) atoms. The van der Waals surface area contributed by atoms with Crippen molar-refractivity contribution in [2.75, 3.05) is 5.32 Å². The third-order valence-corrected chi connectivity index (χ3v) is 4.24. The summed E-state index contributed by atoms with van der Waals surface area (Å²) in [5.41, 5.74) is 2.26. The number of aryl methyl sites for hydroxylation is 1. The lowest BCUT2D eigenvalue weighted by Gasteiger charge is -2.15. The molecule has 6 heteroatoms. The molecule has 1 atom stereocenters. The maximum atomic E-state index is 12.4. The fourth-order valence-electron chi connectivity index (χ4n) is 2.61. The van der Waals surface area contributed by atoms with Gasteiger partial charge in [-0.1, -0.05) is 19.1 Å². The second-order valence-corrected chi connectivity index (χ2v) is 6.30. The van der Waals surface area contributed by atoms with Crippen LogP contribution in [0.15, 0.2) is 41.0 Å². The first kappa shape index (κ1) is 17.1. The minimum atomic E-state index is -0.177. The predicted molar refractivity (Wildman–Crippen MR) is 95.6 cm³/mol. The number of rotatable bonds is 6. The van der Waals surface area contributed by atoms with Gasteiger partial charge < -0.3 is 20.4 Å². The molecule has 1 aromatic carbocycles. The van der Waals surface area contributed by atoms with Crippen molar-refractivity contribution in [2.45, 2.75) is 45.2 Å². The summed E-state index contributed by atoms with van der Waals surface area (Å²) in [6, 6.07) is 9.14. The Balaban J connectivity index is 1.57. The lowest BCUT2D eigenvalue weighted by atomic mass is 10.1. The molecule has 6 nitrogen and oxygen atoms in total. The molecule has 3 amide bonds. The van der Waals surface area contributed by atoms with Crippen LogP contribution in [0, 0.1) is 0 Å². The van der Waals surface area contributed by atoms with Crippen molar-refractivity contribution in [3.8, 4) is 0 Å². The van der Waals surface area contributed by atoms with Gasteiger partial charge in [0.15, 0.2) is 0 Å². The SMILES string of the molecule is CCc1occc1C(=O)N[C@H](C)c1ccc(NC(=O)NC2CC2)cc1. The van der Waals surface area contributed by atoms with Crippen LogP contribution in [0.1, 0.15) is 54.4 Å². The largest absolute Gasteiger partial charge is 0.469 e. The molecule has 1 aromatic heterocycles. The van der Waals surface area contributed by atoms with E-state index in [0.717, 1.165) is 24.1 Å². The number of anilines is 1. The first-order valence-corrected chi connectivity index (χ1v) is 8.61. The average Bonchev–Trinajstić information content (AvgIpc) is 3.27. The number of nitrogens with one attached hydrogen (secondary N) is 3. The van der Waals surface area contributed by atoms with E-state index in [1.807, 2.05) is 38.1 Å². The van der Waals surface area contributed by atoms with Gasteiger partial charge in [0, 0.05) is 18.2 Å². The monoisotopic (exact) mass is 341 g/mol. The molecular formula is C19H23N3O3. The number of hydrogen-bond donors (Lipinski definition) is 3. The van der Waals surface area contributed by atoms with Crippen molar-refractivity contribution >= 4 is 17.6 Å². The fraction of sp³-hybridized carbons (Fsp3) is 0.368. The molecule has 3 rings (SSSR count). The molecule has 1 saturated carbocycles. The molecule has 0 aliphatic heterocycles. The van der Waals surface area contributed by atoms with Crippen LogP contribution in [0.4, 0.5) is 10.5 Å². The number of carbonyl (C=O) groups excluding carboxylic acids is 2. The van der Waals surface area contributed by atoms with Gasteiger partial charge in [0.2, 0.25) is 0 Å². The molecule has 0 bridgehead atoms. The lowest BCUT2D eigenvalue weighted by Crippen LogP contribution is -2.30. The van der Waals surface area contributed by atoms with Crippen LogP contribution >= 0.6 is 0 Å². The van der Waals surface area contributed by atoms with Gasteiger partial charge in [-0.3, -0.25) is 4.79 Å². The molecule has 132 valence electrons. The van der Waals surface area contributed by atoms with Crippen LogP contribution in [-0.2, 0) is 6.42 Å². The second kappa shape index (κ2) is 7.42. The summed E-state index contributed by atoms with van der Waals surface area (Å²) >= 11 is 0. The van der Waals surface area contributed by atoms with Crippen LogP contribution in [0.5, 0.6) is 0 Å². The van der Waals surface area contributed by atoms with Gasteiger partial charge in [-0.2, -0.15) is 0 Å². The molecule has 1 aliphatic rings. The highest BCUT2D eigenvalue weighted by molar-refractivity contribution is 5.95. The molecule has 1 heterocycles. The van der Waals surface area contributed by atoms with Crippen LogP contribution in [0.25, 0.3) is 0 Å². The topological polar surface area (TPSA) is 83.4 Å². The Morgan fingerprint density at radius 1 is 1.20 bits per heavy atom. The summed E-state index contributed by atoms with van der Waals surface area (Å²) in [6.07, 6.45) is 4.32. The van der Waals surface area contributed by atoms with Gasteiger partial charge in [0.1, 0.15) is 5.76 Å². The number of urea groups is 1. The van der Waals surface area contributed by atoms with E-state index < -0.39 is 0 Å². The van der Waals surface area contributed by atoms with Crippen molar-refractivity contribution in [1.29, 1.82) is 0 Å². The number of hydrogen-bond acceptors (Lipinski definition) is 3. The first-order valence-electron chi connectivity index (χ1n) is 8.61. The molecule has 3 N–H and O–H groups in total. The van der Waals surface area contributed by atoms with E-state index in [-0.39, 0.29) is 18.0 Å². The zero-order chi connectivity index (χ0) is 17.8. The van der Waals surface area contributed by atoms with E-state index in [2.05, 4.69) is 16.0 Å². The summed E-state index contributed by atoms with van der Waals surface area (Å²) in [6.45, 7) is 3.87. The Bertz CT molecular complexity index is 748. The Morgan fingerprint density at radius 3 is 2.56 bits per heavy atom. The Morgan fingerprint density at radius 2 is 1.92 bits per heavy atom. The van der Waals surface area contributed by atoms with Crippen molar-refractivity contribution in [2.24, 2.45) is 0 Å². The molecule has 2 aromatic rings. The van der Waals surface area contributed by atoms with Gasteiger partial charge in [0.05, 0.1) is 17.9 Å². The van der Waals surface area contributed by atoms with Crippen molar-refractivity contribution in [3.63, 3.8) is 0 Å². The second-order valence-electron chi connectivity index (χ2n) is 6.30. The Labute approximate surface area is 147 Å². The normalized spacial score (nSPS) is 14.6. The van der Waals surface area contributed by atoms with Crippen LogP contribution < -0.4 is 16.0 Å². The molecule has 1 fully saturated rings. The van der Waals surface area contributed by atoms with E-state index in [4.69, 9.17) is 4.42 Å². The summed E-state index contributed by atoms with van der Waals surface area (Å²) in [4.78, 5) is 24.1. The summed E-state index contributed by atoms with van der Waals surface area (Å²) in [5, 5.41) is 8.65. The molecule has 0 unspecified atom stereocenters. The van der Waals surface area contributed by atoms with Crippen molar-refractivity contribution in [3.05, 3.63) is 53.5 Å². The smallest absolute Gasteiger partial charge is 0.319 e. The minimum absolute atomic E-state index is 0.149. The van der Waals surface area contributed by atoms with Crippen molar-refractivity contribution in [1.82, 2.24) is 10.6 Å². The number of benzene rings is 1. The zero-order valence-corrected chi connectivity index (χ0v) is 14.5. The number of amides is 3. The molecule has 0 radical (unpaired) electrons. The minimum Gasteiger partial charge on any atom is -0.469 e. The third-order valence-electron chi connectivity index (χ3n) is 4.24. The highest BCUT2D eigenvalue weighted by atomic mass is 16.3. The zero-order valence-electron chi connectivity index (χ0n) is 14.5. The quantitative estimate of drug-likeness (QED) is 0.750. The highest BCUT2D eigenvalue weighted by Gasteiger charge is 2.23. The maximum Gasteiger partial charge on any atom is 0.319 e. The van der Waals surface area contributed by atoms with E-state index in [9.17, 15) is 9.59 Å². The Hall–Kier alpha value is -2.76. The maximum absolute atomic E-state index is 12.4. The first-order chi connectivity index (χ1) is 12.1. The van der Waals surface area contributed by atoms with Crippen molar-refractivity contribution < 1.29 is 14.0 Å². The van der Waals surface area contributed by atoms with Gasteiger partial charge >= 0.3 is 6.03 Å². The molecular weight excluding hydrogens is 318 g/mol. The predicted octanol–water partition coefficient (Wildman–Crippen LogP) is 3.62. The van der Waals surface area contributed by atoms with E-state index in [0.29, 0.717) is 23.8 Å². The summed E-state index contributed by atoms with van der Waals surface area (Å²) < 4.78 is 5.30. The Kier molecular flexibility index (Phi) is 5.07. The van der Waals surface area contributed by atoms with E-state index >= 15 is 0 Å². The molecule has 1 aliphatic carbocycles. The van der Waals surface area contributed by atoms with Gasteiger partial charge in [0.25, 0.3) is 5.91 Å². The van der Waals surface area contributed by atoms with Crippen LogP contribution in [0.3, 0.4) is 0 Å². The lowest BCUT2D eigenvalue weighted by molar-refractivity contribution is 0.0938. The molecule has 0 saturated heterocycles. The van der Waals surface area contributed by atoms with Gasteiger partial charge in [-0.05, 0) is 43.5 Å². The van der Waals surface area contributed by atoms with E-state index in [1.165, 1.54) is 6.26 Å². The highest BCUT2D eigenvalue weighted by Crippen LogP contribution is 2.20. The number of carbonyl (C=O) groups is 2. The van der Waals surface area contributed by atoms with Gasteiger partial charge in [-0.15, -0.1) is 0 Å². The summed E-state index contributed by atoms with van der Waals surface area (Å²) in [5.74, 6) is 0.537. The van der Waals surface area contributed by atoms with Gasteiger partial charge in [-0.25, -0.2) is 4.79 Å². The third kappa shape index (κ3) is 4.41. The van der Waals surface area contributed by atoms with Crippen LogP contribution in [0.2, 0.25) is 0 Å². The standard InChI is InChI=1S/C19H23N3O3/c1-3-17-16(10-11-25-17)18(23)20-12(2)13-4-6-14(7-5-13)21-19(24)22-15-8-9-15/h4-7,10-12,15H,3,8-9H2,1-2H3,(H,20,23)(H2,21,22,24)/t12-/m1/s1. The number of furan rings is 1. The van der Waals surface area contributed by atoms with Crippen LogP contribution in [-0.4, -0.2) is 18.0 Å². The fourth-order valence-corrected chi connectivity index (χ4v) is 2.61. The van der Waals surface area contributed by atoms with E-state index in [1.54, 1.807) is 6.07 Å². The molecule has 0 spiro atoms.